The second kappa shape index (κ2) is 6.93. The zero-order valence-corrected chi connectivity index (χ0v) is 12.6. The molecule has 1 aromatic carbocycles. The van der Waals surface area contributed by atoms with E-state index in [9.17, 15) is 18.0 Å². The van der Waals surface area contributed by atoms with E-state index in [4.69, 9.17) is 0 Å². The molecule has 0 aromatic heterocycles. The Hall–Kier alpha value is -1.56. The number of aryl methyl sites for hydroxylation is 1. The third-order valence-electron chi connectivity index (χ3n) is 3.19. The molecule has 0 unspecified atom stereocenters. The fourth-order valence-corrected chi connectivity index (χ4v) is 2.19. The minimum atomic E-state index is -4.38. The lowest BCUT2D eigenvalue weighted by atomic mass is 10.0. The highest BCUT2D eigenvalue weighted by Crippen LogP contribution is 2.30. The van der Waals surface area contributed by atoms with Gasteiger partial charge in [0.2, 0.25) is 5.91 Å². The molecule has 21 heavy (non-hydrogen) atoms. The highest BCUT2D eigenvalue weighted by molar-refractivity contribution is 5.81. The molecule has 1 amide bonds. The number of benzene rings is 1. The molecular formula is C15H21F3N2O. The van der Waals surface area contributed by atoms with Crippen LogP contribution in [0.2, 0.25) is 0 Å². The molecule has 2 N–H and O–H groups in total. The lowest BCUT2D eigenvalue weighted by Gasteiger charge is -2.19. The van der Waals surface area contributed by atoms with Crippen molar-refractivity contribution in [2.24, 2.45) is 5.92 Å². The molecule has 1 atom stereocenters. The summed E-state index contributed by atoms with van der Waals surface area (Å²) in [7, 11) is 1.68. The Labute approximate surface area is 122 Å². The summed E-state index contributed by atoms with van der Waals surface area (Å²) in [4.78, 5) is 12.0. The van der Waals surface area contributed by atoms with Crippen molar-refractivity contribution in [2.45, 2.75) is 39.5 Å². The summed E-state index contributed by atoms with van der Waals surface area (Å²) in [6, 6.07) is 3.43. The van der Waals surface area contributed by atoms with Crippen molar-refractivity contribution in [3.8, 4) is 0 Å². The molecule has 0 heterocycles. The molecule has 6 heteroatoms. The van der Waals surface area contributed by atoms with Gasteiger partial charge in [0.15, 0.2) is 0 Å². The Morgan fingerprint density at radius 2 is 1.86 bits per heavy atom. The molecule has 0 aliphatic heterocycles. The van der Waals surface area contributed by atoms with Gasteiger partial charge in [-0.05, 0) is 37.6 Å². The predicted molar refractivity (Wildman–Crippen MR) is 75.7 cm³/mol. The monoisotopic (exact) mass is 302 g/mol. The SMILES string of the molecule is CN[C@@H](C(=O)NCc1cc(C)cc(C(F)(F)F)c1)C(C)C. The Kier molecular flexibility index (Phi) is 5.78. The molecule has 0 radical (unpaired) electrons. The van der Waals surface area contributed by atoms with E-state index in [-0.39, 0.29) is 24.4 Å². The summed E-state index contributed by atoms with van der Waals surface area (Å²) in [5.74, 6) is -0.124. The maximum absolute atomic E-state index is 12.7. The fraction of sp³-hybridized carbons (Fsp3) is 0.533. The van der Waals surface area contributed by atoms with Crippen LogP contribution >= 0.6 is 0 Å². The maximum Gasteiger partial charge on any atom is 0.416 e. The zero-order valence-electron chi connectivity index (χ0n) is 12.6. The van der Waals surface area contributed by atoms with E-state index in [1.54, 1.807) is 20.0 Å². The van der Waals surface area contributed by atoms with Gasteiger partial charge < -0.3 is 10.6 Å². The number of carbonyl (C=O) groups is 1. The van der Waals surface area contributed by atoms with Crippen LogP contribution in [0.15, 0.2) is 18.2 Å². The van der Waals surface area contributed by atoms with Gasteiger partial charge in [-0.2, -0.15) is 13.2 Å². The van der Waals surface area contributed by atoms with Gasteiger partial charge in [-0.15, -0.1) is 0 Å². The van der Waals surface area contributed by atoms with Crippen LogP contribution in [-0.2, 0) is 17.5 Å². The summed E-state index contributed by atoms with van der Waals surface area (Å²) in [6.07, 6.45) is -4.38. The average Bonchev–Trinajstić information content (AvgIpc) is 2.35. The van der Waals surface area contributed by atoms with Crippen LogP contribution in [-0.4, -0.2) is 19.0 Å². The van der Waals surface area contributed by atoms with Gasteiger partial charge in [-0.1, -0.05) is 25.5 Å². The minimum Gasteiger partial charge on any atom is -0.351 e. The van der Waals surface area contributed by atoms with Crippen molar-refractivity contribution in [1.29, 1.82) is 0 Å². The largest absolute Gasteiger partial charge is 0.416 e. The Morgan fingerprint density at radius 3 is 2.33 bits per heavy atom. The third-order valence-corrected chi connectivity index (χ3v) is 3.19. The molecule has 0 aliphatic carbocycles. The number of nitrogens with one attached hydrogen (secondary N) is 2. The number of hydrogen-bond donors (Lipinski definition) is 2. The van der Waals surface area contributed by atoms with Gasteiger partial charge in [-0.25, -0.2) is 0 Å². The number of halogens is 3. The molecule has 0 aliphatic rings. The standard InChI is InChI=1S/C15H21F3N2O/c1-9(2)13(19-4)14(21)20-8-11-5-10(3)6-12(7-11)15(16,17)18/h5-7,9,13,19H,8H2,1-4H3,(H,20,21)/t13-/m1/s1. The number of alkyl halides is 3. The minimum absolute atomic E-state index is 0.0779. The molecule has 0 bridgehead atoms. The second-order valence-electron chi connectivity index (χ2n) is 5.43. The lowest BCUT2D eigenvalue weighted by Crippen LogP contribution is -2.45. The van der Waals surface area contributed by atoms with Gasteiger partial charge in [0.05, 0.1) is 11.6 Å². The highest BCUT2D eigenvalue weighted by atomic mass is 19.4. The first kappa shape index (κ1) is 17.5. The average molecular weight is 302 g/mol. The van der Waals surface area contributed by atoms with Crippen molar-refractivity contribution >= 4 is 5.91 Å². The molecule has 0 saturated heterocycles. The number of carbonyl (C=O) groups excluding carboxylic acids is 1. The van der Waals surface area contributed by atoms with Crippen LogP contribution < -0.4 is 10.6 Å². The first-order valence-corrected chi connectivity index (χ1v) is 6.78. The molecule has 118 valence electrons. The number of likely N-dealkylation sites (N-methyl/N-ethyl adjacent to an activating group) is 1. The number of amides is 1. The van der Waals surface area contributed by atoms with E-state index in [0.29, 0.717) is 11.1 Å². The summed E-state index contributed by atoms with van der Waals surface area (Å²) in [6.45, 7) is 5.48. The van der Waals surface area contributed by atoms with E-state index >= 15 is 0 Å². The van der Waals surface area contributed by atoms with Gasteiger partial charge >= 0.3 is 6.18 Å². The van der Waals surface area contributed by atoms with Crippen LogP contribution in [0.25, 0.3) is 0 Å². The lowest BCUT2D eigenvalue weighted by molar-refractivity contribution is -0.137. The van der Waals surface area contributed by atoms with Crippen molar-refractivity contribution < 1.29 is 18.0 Å². The molecule has 3 nitrogen and oxygen atoms in total. The van der Waals surface area contributed by atoms with Gasteiger partial charge in [0, 0.05) is 6.54 Å². The summed E-state index contributed by atoms with van der Waals surface area (Å²) < 4.78 is 38.2. The summed E-state index contributed by atoms with van der Waals surface area (Å²) in [5.41, 5.74) is 0.262. The van der Waals surface area contributed by atoms with E-state index < -0.39 is 11.7 Å². The maximum atomic E-state index is 12.7. The molecule has 0 saturated carbocycles. The molecular weight excluding hydrogens is 281 g/mol. The quantitative estimate of drug-likeness (QED) is 0.878. The van der Waals surface area contributed by atoms with Crippen LogP contribution in [0.4, 0.5) is 13.2 Å². The normalized spacial score (nSPS) is 13.3. The highest BCUT2D eigenvalue weighted by Gasteiger charge is 2.31. The van der Waals surface area contributed by atoms with E-state index in [0.717, 1.165) is 12.1 Å². The summed E-state index contributed by atoms with van der Waals surface area (Å²) >= 11 is 0. The van der Waals surface area contributed by atoms with E-state index in [1.165, 1.54) is 0 Å². The molecule has 1 rings (SSSR count). The Morgan fingerprint density at radius 1 is 1.24 bits per heavy atom. The van der Waals surface area contributed by atoms with Crippen molar-refractivity contribution in [3.63, 3.8) is 0 Å². The zero-order chi connectivity index (χ0) is 16.2. The molecule has 0 fully saturated rings. The second-order valence-corrected chi connectivity index (χ2v) is 5.43. The topological polar surface area (TPSA) is 41.1 Å². The number of rotatable bonds is 5. The van der Waals surface area contributed by atoms with Gasteiger partial charge in [0.1, 0.15) is 0 Å². The third kappa shape index (κ3) is 5.04. The van der Waals surface area contributed by atoms with Gasteiger partial charge in [-0.3, -0.25) is 4.79 Å². The Balaban J connectivity index is 2.80. The molecule has 0 spiro atoms. The first-order chi connectivity index (χ1) is 9.65. The van der Waals surface area contributed by atoms with E-state index in [1.807, 2.05) is 13.8 Å². The fourth-order valence-electron chi connectivity index (χ4n) is 2.19. The van der Waals surface area contributed by atoms with Gasteiger partial charge in [0.25, 0.3) is 0 Å². The predicted octanol–water partition coefficient (Wildman–Crippen LogP) is 2.87. The van der Waals surface area contributed by atoms with Crippen LogP contribution in [0.5, 0.6) is 0 Å². The summed E-state index contributed by atoms with van der Waals surface area (Å²) in [5, 5.41) is 5.56. The smallest absolute Gasteiger partial charge is 0.351 e. The Bertz CT molecular complexity index is 498. The van der Waals surface area contributed by atoms with Crippen molar-refractivity contribution in [1.82, 2.24) is 10.6 Å². The van der Waals surface area contributed by atoms with Crippen LogP contribution in [0.3, 0.4) is 0 Å². The van der Waals surface area contributed by atoms with Crippen molar-refractivity contribution in [3.05, 3.63) is 34.9 Å². The molecule has 1 aromatic rings. The van der Waals surface area contributed by atoms with E-state index in [2.05, 4.69) is 10.6 Å². The van der Waals surface area contributed by atoms with Crippen LogP contribution in [0, 0.1) is 12.8 Å². The van der Waals surface area contributed by atoms with Crippen molar-refractivity contribution in [2.75, 3.05) is 7.05 Å². The number of hydrogen-bond acceptors (Lipinski definition) is 2. The van der Waals surface area contributed by atoms with Crippen LogP contribution in [0.1, 0.15) is 30.5 Å². The first-order valence-electron chi connectivity index (χ1n) is 6.78.